The van der Waals surface area contributed by atoms with E-state index in [0.29, 0.717) is 10.7 Å². The number of hydrogen-bond donors (Lipinski definition) is 1. The van der Waals surface area contributed by atoms with E-state index in [1.165, 1.54) is 6.07 Å². The molecule has 1 amide bonds. The van der Waals surface area contributed by atoms with E-state index in [9.17, 15) is 14.9 Å². The fourth-order valence-corrected chi connectivity index (χ4v) is 1.84. The summed E-state index contributed by atoms with van der Waals surface area (Å²) in [6.07, 6.45) is 0.985. The normalized spacial score (nSPS) is 10.1. The summed E-state index contributed by atoms with van der Waals surface area (Å²) >= 11 is 11.6. The van der Waals surface area contributed by atoms with Crippen LogP contribution in [0.1, 0.15) is 10.4 Å². The van der Waals surface area contributed by atoms with Gasteiger partial charge in [0.1, 0.15) is 11.3 Å². The van der Waals surface area contributed by atoms with Crippen LogP contribution >= 0.6 is 23.2 Å². The van der Waals surface area contributed by atoms with Gasteiger partial charge in [-0.1, -0.05) is 29.3 Å². The molecule has 0 spiro atoms. The van der Waals surface area contributed by atoms with Gasteiger partial charge in [-0.25, -0.2) is 4.98 Å². The molecule has 0 aliphatic carbocycles. The van der Waals surface area contributed by atoms with Gasteiger partial charge in [0.15, 0.2) is 0 Å². The fraction of sp³-hybridized carbons (Fsp3) is 0. The van der Waals surface area contributed by atoms with E-state index in [0.717, 1.165) is 12.3 Å². The lowest BCUT2D eigenvalue weighted by Crippen LogP contribution is -2.13. The average Bonchev–Trinajstić information content (AvgIpc) is 2.38. The first-order valence-electron chi connectivity index (χ1n) is 5.34. The van der Waals surface area contributed by atoms with Crippen molar-refractivity contribution >= 4 is 40.5 Å². The van der Waals surface area contributed by atoms with Crippen molar-refractivity contribution in [2.24, 2.45) is 0 Å². The summed E-state index contributed by atoms with van der Waals surface area (Å²) in [6.45, 7) is 0. The highest BCUT2D eigenvalue weighted by Crippen LogP contribution is 2.21. The van der Waals surface area contributed by atoms with Gasteiger partial charge in [0, 0.05) is 16.8 Å². The van der Waals surface area contributed by atoms with Crippen molar-refractivity contribution in [2.45, 2.75) is 0 Å². The van der Waals surface area contributed by atoms with Crippen LogP contribution in [0.15, 0.2) is 36.5 Å². The Balaban J connectivity index is 2.29. The molecule has 20 heavy (non-hydrogen) atoms. The van der Waals surface area contributed by atoms with Crippen LogP contribution in [0.2, 0.25) is 10.2 Å². The number of pyridine rings is 1. The zero-order valence-corrected chi connectivity index (χ0v) is 11.4. The average molecular weight is 312 g/mol. The molecule has 6 nitrogen and oxygen atoms in total. The first kappa shape index (κ1) is 14.2. The number of rotatable bonds is 3. The molecule has 1 aromatic carbocycles. The van der Waals surface area contributed by atoms with E-state index >= 15 is 0 Å². The van der Waals surface area contributed by atoms with Gasteiger partial charge in [0.2, 0.25) is 0 Å². The predicted molar refractivity (Wildman–Crippen MR) is 75.3 cm³/mol. The Labute approximate surface area is 123 Å². The zero-order chi connectivity index (χ0) is 14.7. The van der Waals surface area contributed by atoms with Crippen LogP contribution in [0.5, 0.6) is 0 Å². The first-order chi connectivity index (χ1) is 9.47. The van der Waals surface area contributed by atoms with E-state index in [1.807, 2.05) is 0 Å². The number of halogens is 2. The Morgan fingerprint density at radius 1 is 1.30 bits per heavy atom. The maximum atomic E-state index is 12.0. The van der Waals surface area contributed by atoms with Gasteiger partial charge in [-0.05, 0) is 18.2 Å². The minimum atomic E-state index is -0.653. The molecule has 102 valence electrons. The van der Waals surface area contributed by atoms with Gasteiger partial charge in [-0.15, -0.1) is 0 Å². The molecular formula is C12H7Cl2N3O3. The van der Waals surface area contributed by atoms with E-state index in [2.05, 4.69) is 10.3 Å². The minimum Gasteiger partial charge on any atom is -0.322 e. The highest BCUT2D eigenvalue weighted by molar-refractivity contribution is 6.33. The lowest BCUT2D eigenvalue weighted by atomic mass is 10.2. The molecule has 2 aromatic rings. The Kier molecular flexibility index (Phi) is 4.16. The molecule has 0 aliphatic heterocycles. The molecule has 0 unspecified atom stereocenters. The third-order valence-electron chi connectivity index (χ3n) is 2.36. The smallest absolute Gasteiger partial charge is 0.288 e. The second-order valence-electron chi connectivity index (χ2n) is 3.75. The molecule has 0 aliphatic rings. The highest BCUT2D eigenvalue weighted by Gasteiger charge is 2.17. The lowest BCUT2D eigenvalue weighted by molar-refractivity contribution is -0.385. The fourth-order valence-electron chi connectivity index (χ4n) is 1.46. The number of nitrogens with one attached hydrogen (secondary N) is 1. The van der Waals surface area contributed by atoms with Crippen molar-refractivity contribution in [1.82, 2.24) is 4.98 Å². The van der Waals surface area contributed by atoms with Gasteiger partial charge >= 0.3 is 0 Å². The van der Waals surface area contributed by atoms with Crippen LogP contribution in [0.3, 0.4) is 0 Å². The summed E-state index contributed by atoms with van der Waals surface area (Å²) in [6, 6.07) is 7.54. The number of hydrogen-bond acceptors (Lipinski definition) is 4. The third kappa shape index (κ3) is 3.23. The maximum absolute atomic E-state index is 12.0. The Morgan fingerprint density at radius 3 is 2.70 bits per heavy atom. The molecular weight excluding hydrogens is 305 g/mol. The van der Waals surface area contributed by atoms with Crippen LogP contribution in [0.4, 0.5) is 11.4 Å². The van der Waals surface area contributed by atoms with Crippen LogP contribution in [-0.2, 0) is 0 Å². The molecule has 0 radical (unpaired) electrons. The second kappa shape index (κ2) is 5.85. The quantitative estimate of drug-likeness (QED) is 0.533. The predicted octanol–water partition coefficient (Wildman–Crippen LogP) is 3.55. The van der Waals surface area contributed by atoms with E-state index in [1.54, 1.807) is 18.2 Å². The van der Waals surface area contributed by atoms with Gasteiger partial charge in [0.25, 0.3) is 11.6 Å². The van der Waals surface area contributed by atoms with Crippen molar-refractivity contribution < 1.29 is 9.72 Å². The summed E-state index contributed by atoms with van der Waals surface area (Å²) in [4.78, 5) is 25.6. The van der Waals surface area contributed by atoms with Crippen LogP contribution in [0.25, 0.3) is 0 Å². The monoisotopic (exact) mass is 311 g/mol. The van der Waals surface area contributed by atoms with E-state index in [-0.39, 0.29) is 16.4 Å². The largest absolute Gasteiger partial charge is 0.322 e. The van der Waals surface area contributed by atoms with Crippen molar-refractivity contribution in [3.05, 3.63) is 62.4 Å². The summed E-state index contributed by atoms with van der Waals surface area (Å²) in [7, 11) is 0. The molecule has 1 aromatic heterocycles. The van der Waals surface area contributed by atoms with E-state index in [4.69, 9.17) is 23.2 Å². The molecule has 8 heteroatoms. The van der Waals surface area contributed by atoms with Crippen LogP contribution < -0.4 is 5.32 Å². The van der Waals surface area contributed by atoms with Gasteiger partial charge in [-0.3, -0.25) is 14.9 Å². The molecule has 0 saturated carbocycles. The second-order valence-corrected chi connectivity index (χ2v) is 4.55. The summed E-state index contributed by atoms with van der Waals surface area (Å²) in [5, 5.41) is 13.5. The van der Waals surface area contributed by atoms with E-state index < -0.39 is 10.8 Å². The topological polar surface area (TPSA) is 85.1 Å². The summed E-state index contributed by atoms with van der Waals surface area (Å²) < 4.78 is 0. The zero-order valence-electron chi connectivity index (χ0n) is 9.84. The number of nitro groups is 1. The number of nitrogens with zero attached hydrogens (tertiary/aromatic N) is 2. The Bertz CT molecular complexity index is 691. The van der Waals surface area contributed by atoms with Crippen molar-refractivity contribution in [3.8, 4) is 0 Å². The number of aromatic nitrogens is 1. The maximum Gasteiger partial charge on any atom is 0.288 e. The van der Waals surface area contributed by atoms with Crippen molar-refractivity contribution in [2.75, 3.05) is 5.32 Å². The molecule has 0 saturated heterocycles. The lowest BCUT2D eigenvalue weighted by Gasteiger charge is -2.06. The summed E-state index contributed by atoms with van der Waals surface area (Å²) in [5.74, 6) is -0.603. The summed E-state index contributed by atoms with van der Waals surface area (Å²) in [5.41, 5.74) is 0.0524. The molecule has 0 fully saturated rings. The molecule has 2 rings (SSSR count). The SMILES string of the molecule is O=C(Nc1cccc(Cl)c1)c1cc([N+](=O)[O-])cnc1Cl. The number of anilines is 1. The molecule has 0 bridgehead atoms. The Hall–Kier alpha value is -2.18. The highest BCUT2D eigenvalue weighted by atomic mass is 35.5. The molecule has 1 heterocycles. The van der Waals surface area contributed by atoms with Crippen molar-refractivity contribution in [1.29, 1.82) is 0 Å². The van der Waals surface area contributed by atoms with Crippen LogP contribution in [-0.4, -0.2) is 15.8 Å². The number of amides is 1. The molecule has 1 N–H and O–H groups in total. The number of carbonyl (C=O) groups is 1. The first-order valence-corrected chi connectivity index (χ1v) is 6.10. The Morgan fingerprint density at radius 2 is 2.05 bits per heavy atom. The van der Waals surface area contributed by atoms with Crippen LogP contribution in [0, 0.1) is 10.1 Å². The number of benzene rings is 1. The van der Waals surface area contributed by atoms with Crippen molar-refractivity contribution in [3.63, 3.8) is 0 Å². The van der Waals surface area contributed by atoms with Gasteiger partial charge < -0.3 is 5.32 Å². The minimum absolute atomic E-state index is 0.0826. The van der Waals surface area contributed by atoms with Gasteiger partial charge in [0.05, 0.1) is 10.5 Å². The third-order valence-corrected chi connectivity index (χ3v) is 2.90. The molecule has 0 atom stereocenters. The van der Waals surface area contributed by atoms with Gasteiger partial charge in [-0.2, -0.15) is 0 Å². The standard InChI is InChI=1S/C12H7Cl2N3O3/c13-7-2-1-3-8(4-7)16-12(18)10-5-9(17(19)20)6-15-11(10)14/h1-6H,(H,16,18). The number of carbonyl (C=O) groups excluding carboxylic acids is 1.